The van der Waals surface area contributed by atoms with Crippen LogP contribution in [0.2, 0.25) is 0 Å². The molecule has 0 radical (unpaired) electrons. The van der Waals surface area contributed by atoms with Gasteiger partial charge in [-0.05, 0) is 20.0 Å². The summed E-state index contributed by atoms with van der Waals surface area (Å²) in [6.07, 6.45) is 1.83. The van der Waals surface area contributed by atoms with Gasteiger partial charge in [-0.2, -0.15) is 0 Å². The molecule has 4 heteroatoms. The molecule has 0 bridgehead atoms. The molecule has 0 spiro atoms. The molecule has 1 aromatic carbocycles. The van der Waals surface area contributed by atoms with E-state index in [1.54, 1.807) is 7.11 Å². The van der Waals surface area contributed by atoms with Crippen LogP contribution in [0.5, 0.6) is 5.75 Å². The van der Waals surface area contributed by atoms with E-state index in [0.717, 1.165) is 22.5 Å². The van der Waals surface area contributed by atoms with Gasteiger partial charge in [-0.1, -0.05) is 12.1 Å². The maximum absolute atomic E-state index is 5.29. The fourth-order valence-electron chi connectivity index (χ4n) is 1.54. The van der Waals surface area contributed by atoms with Crippen molar-refractivity contribution in [3.63, 3.8) is 0 Å². The van der Waals surface area contributed by atoms with Crippen molar-refractivity contribution in [2.75, 3.05) is 14.2 Å². The quantitative estimate of drug-likeness (QED) is 0.853. The van der Waals surface area contributed by atoms with Crippen LogP contribution in [0.15, 0.2) is 24.4 Å². The molecular formula is C12H15N3O. The Labute approximate surface area is 94.7 Å². The molecule has 1 N–H and O–H groups in total. The van der Waals surface area contributed by atoms with Gasteiger partial charge in [0.25, 0.3) is 0 Å². The van der Waals surface area contributed by atoms with E-state index in [-0.39, 0.29) is 6.04 Å². The average molecular weight is 217 g/mol. The van der Waals surface area contributed by atoms with Crippen molar-refractivity contribution in [2.45, 2.75) is 13.0 Å². The zero-order chi connectivity index (χ0) is 11.5. The molecule has 2 aromatic rings. The molecule has 84 valence electrons. The Bertz CT molecular complexity index is 499. The molecule has 1 atom stereocenters. The van der Waals surface area contributed by atoms with Crippen LogP contribution in [0, 0.1) is 0 Å². The molecule has 1 aromatic heterocycles. The summed E-state index contributed by atoms with van der Waals surface area (Å²) in [6.45, 7) is 2.02. The fraction of sp³-hybridized carbons (Fsp3) is 0.333. The third kappa shape index (κ3) is 1.84. The molecule has 16 heavy (non-hydrogen) atoms. The van der Waals surface area contributed by atoms with Crippen molar-refractivity contribution in [3.05, 3.63) is 30.2 Å². The summed E-state index contributed by atoms with van der Waals surface area (Å²) in [7, 11) is 3.54. The smallest absolute Gasteiger partial charge is 0.145 e. The van der Waals surface area contributed by atoms with Gasteiger partial charge in [-0.15, -0.1) is 0 Å². The molecule has 0 aliphatic heterocycles. The summed E-state index contributed by atoms with van der Waals surface area (Å²) < 4.78 is 5.29. The second-order valence-electron chi connectivity index (χ2n) is 3.64. The predicted octanol–water partition coefficient (Wildman–Crippen LogP) is 1.92. The van der Waals surface area contributed by atoms with Gasteiger partial charge in [0.15, 0.2) is 0 Å². The summed E-state index contributed by atoms with van der Waals surface area (Å²) in [4.78, 5) is 8.84. The van der Waals surface area contributed by atoms with Crippen molar-refractivity contribution in [1.82, 2.24) is 15.3 Å². The van der Waals surface area contributed by atoms with Crippen molar-refractivity contribution in [2.24, 2.45) is 0 Å². The summed E-state index contributed by atoms with van der Waals surface area (Å²) in [5, 5.41) is 4.11. The lowest BCUT2D eigenvalue weighted by atomic mass is 10.2. The Morgan fingerprint density at radius 3 is 2.88 bits per heavy atom. The van der Waals surface area contributed by atoms with Crippen LogP contribution in [-0.2, 0) is 0 Å². The monoisotopic (exact) mass is 217 g/mol. The summed E-state index contributed by atoms with van der Waals surface area (Å²) in [5.41, 5.74) is 0.858. The second kappa shape index (κ2) is 4.45. The van der Waals surface area contributed by atoms with Crippen molar-refractivity contribution >= 4 is 10.9 Å². The number of hydrogen-bond acceptors (Lipinski definition) is 4. The lowest BCUT2D eigenvalue weighted by Crippen LogP contribution is -2.15. The Kier molecular flexibility index (Phi) is 3.01. The van der Waals surface area contributed by atoms with Crippen molar-refractivity contribution in [3.8, 4) is 5.75 Å². The Morgan fingerprint density at radius 2 is 2.19 bits per heavy atom. The zero-order valence-electron chi connectivity index (χ0n) is 9.69. The van der Waals surface area contributed by atoms with Crippen LogP contribution in [0.25, 0.3) is 10.9 Å². The molecule has 0 aliphatic rings. The molecule has 2 rings (SSSR count). The SMILES string of the molecule is CNC(C)c1ncc2cccc(OC)c2n1. The number of fused-ring (bicyclic) bond motifs is 1. The normalized spacial score (nSPS) is 12.7. The van der Waals surface area contributed by atoms with E-state index in [4.69, 9.17) is 4.74 Å². The minimum absolute atomic E-state index is 0.134. The van der Waals surface area contributed by atoms with Crippen molar-refractivity contribution in [1.29, 1.82) is 0 Å². The maximum Gasteiger partial charge on any atom is 0.145 e. The highest BCUT2D eigenvalue weighted by molar-refractivity contribution is 5.83. The minimum atomic E-state index is 0.134. The lowest BCUT2D eigenvalue weighted by molar-refractivity contribution is 0.418. The van der Waals surface area contributed by atoms with Crippen LogP contribution < -0.4 is 10.1 Å². The van der Waals surface area contributed by atoms with E-state index < -0.39 is 0 Å². The van der Waals surface area contributed by atoms with Gasteiger partial charge in [0.05, 0.1) is 13.2 Å². The van der Waals surface area contributed by atoms with E-state index in [0.29, 0.717) is 0 Å². The lowest BCUT2D eigenvalue weighted by Gasteiger charge is -2.10. The van der Waals surface area contributed by atoms with E-state index >= 15 is 0 Å². The van der Waals surface area contributed by atoms with Gasteiger partial charge in [-0.3, -0.25) is 0 Å². The van der Waals surface area contributed by atoms with Gasteiger partial charge in [0.2, 0.25) is 0 Å². The number of benzene rings is 1. The molecule has 4 nitrogen and oxygen atoms in total. The zero-order valence-corrected chi connectivity index (χ0v) is 9.69. The van der Waals surface area contributed by atoms with E-state index in [2.05, 4.69) is 15.3 Å². The summed E-state index contributed by atoms with van der Waals surface area (Å²) in [6, 6.07) is 5.95. The Morgan fingerprint density at radius 1 is 1.38 bits per heavy atom. The predicted molar refractivity (Wildman–Crippen MR) is 63.6 cm³/mol. The van der Waals surface area contributed by atoms with Crippen LogP contribution in [0.4, 0.5) is 0 Å². The maximum atomic E-state index is 5.29. The largest absolute Gasteiger partial charge is 0.494 e. The first kappa shape index (κ1) is 10.8. The Hall–Kier alpha value is -1.68. The number of para-hydroxylation sites is 1. The topological polar surface area (TPSA) is 47.0 Å². The average Bonchev–Trinajstić information content (AvgIpc) is 2.36. The van der Waals surface area contributed by atoms with Crippen LogP contribution >= 0.6 is 0 Å². The van der Waals surface area contributed by atoms with Crippen LogP contribution in [-0.4, -0.2) is 24.1 Å². The molecular weight excluding hydrogens is 202 g/mol. The van der Waals surface area contributed by atoms with Crippen LogP contribution in [0.3, 0.4) is 0 Å². The highest BCUT2D eigenvalue weighted by atomic mass is 16.5. The van der Waals surface area contributed by atoms with E-state index in [1.165, 1.54) is 0 Å². The van der Waals surface area contributed by atoms with E-state index in [1.807, 2.05) is 38.4 Å². The van der Waals surface area contributed by atoms with Gasteiger partial charge in [0.1, 0.15) is 17.1 Å². The number of methoxy groups -OCH3 is 1. The first-order valence-corrected chi connectivity index (χ1v) is 5.23. The highest BCUT2D eigenvalue weighted by Crippen LogP contribution is 2.23. The van der Waals surface area contributed by atoms with E-state index in [9.17, 15) is 0 Å². The highest BCUT2D eigenvalue weighted by Gasteiger charge is 2.09. The third-order valence-corrected chi connectivity index (χ3v) is 2.63. The minimum Gasteiger partial charge on any atom is -0.494 e. The van der Waals surface area contributed by atoms with Gasteiger partial charge < -0.3 is 10.1 Å². The number of ether oxygens (including phenoxy) is 1. The number of hydrogen-bond donors (Lipinski definition) is 1. The van der Waals surface area contributed by atoms with Gasteiger partial charge in [-0.25, -0.2) is 9.97 Å². The molecule has 1 heterocycles. The molecule has 0 fully saturated rings. The number of nitrogens with zero attached hydrogens (tertiary/aromatic N) is 2. The number of rotatable bonds is 3. The van der Waals surface area contributed by atoms with Gasteiger partial charge >= 0.3 is 0 Å². The Balaban J connectivity index is 2.59. The third-order valence-electron chi connectivity index (χ3n) is 2.63. The first-order chi connectivity index (χ1) is 7.76. The number of aromatic nitrogens is 2. The van der Waals surface area contributed by atoms with Gasteiger partial charge in [0, 0.05) is 11.6 Å². The summed E-state index contributed by atoms with van der Waals surface area (Å²) >= 11 is 0. The number of nitrogens with one attached hydrogen (secondary N) is 1. The van der Waals surface area contributed by atoms with Crippen LogP contribution in [0.1, 0.15) is 18.8 Å². The molecule has 1 unspecified atom stereocenters. The fourth-order valence-corrected chi connectivity index (χ4v) is 1.54. The second-order valence-corrected chi connectivity index (χ2v) is 3.64. The van der Waals surface area contributed by atoms with Crippen molar-refractivity contribution < 1.29 is 4.74 Å². The molecule has 0 aliphatic carbocycles. The molecule has 0 saturated carbocycles. The molecule has 0 saturated heterocycles. The standard InChI is InChI=1S/C12H15N3O/c1-8(13-2)12-14-7-9-5-4-6-10(16-3)11(9)15-12/h4-8,13H,1-3H3. The summed E-state index contributed by atoms with van der Waals surface area (Å²) in [5.74, 6) is 1.56. The first-order valence-electron chi connectivity index (χ1n) is 5.23. The molecule has 0 amide bonds.